The molecule has 2 aliphatic carbocycles. The first-order valence-corrected chi connectivity index (χ1v) is 7.82. The predicted octanol–water partition coefficient (Wildman–Crippen LogP) is 3.41. The SMILES string of the molecule is CCCn1c(CCl)nnc1CC1CC2CCC1C2. The fourth-order valence-corrected chi connectivity index (χ4v) is 4.16. The van der Waals surface area contributed by atoms with Crippen molar-refractivity contribution in [3.05, 3.63) is 11.6 Å². The lowest BCUT2D eigenvalue weighted by molar-refractivity contribution is 0.322. The van der Waals surface area contributed by atoms with Crippen LogP contribution < -0.4 is 0 Å². The number of alkyl halides is 1. The summed E-state index contributed by atoms with van der Waals surface area (Å²) in [5.41, 5.74) is 0. The molecule has 18 heavy (non-hydrogen) atoms. The van der Waals surface area contributed by atoms with E-state index in [1.54, 1.807) is 0 Å². The molecular weight excluding hydrogens is 246 g/mol. The lowest BCUT2D eigenvalue weighted by atomic mass is 9.86. The second-order valence-corrected chi connectivity index (χ2v) is 6.22. The second kappa shape index (κ2) is 5.20. The Morgan fingerprint density at radius 3 is 2.67 bits per heavy atom. The van der Waals surface area contributed by atoms with Crippen molar-refractivity contribution in [2.75, 3.05) is 0 Å². The van der Waals surface area contributed by atoms with Gasteiger partial charge in [-0.2, -0.15) is 0 Å². The van der Waals surface area contributed by atoms with Gasteiger partial charge in [0.1, 0.15) is 11.6 Å². The first-order valence-electron chi connectivity index (χ1n) is 7.28. The van der Waals surface area contributed by atoms with E-state index in [0.717, 1.165) is 43.0 Å². The molecule has 2 saturated carbocycles. The third-order valence-electron chi connectivity index (χ3n) is 4.80. The average Bonchev–Trinajstić information content (AvgIpc) is 3.06. The summed E-state index contributed by atoms with van der Waals surface area (Å²) in [6, 6.07) is 0. The zero-order chi connectivity index (χ0) is 12.5. The minimum atomic E-state index is 0.476. The number of aromatic nitrogens is 3. The fraction of sp³-hybridized carbons (Fsp3) is 0.857. The summed E-state index contributed by atoms with van der Waals surface area (Å²) >= 11 is 5.94. The Balaban J connectivity index is 1.74. The number of nitrogens with zero attached hydrogens (tertiary/aromatic N) is 3. The molecule has 1 aromatic heterocycles. The highest BCUT2D eigenvalue weighted by Crippen LogP contribution is 2.49. The van der Waals surface area contributed by atoms with E-state index in [-0.39, 0.29) is 0 Å². The quantitative estimate of drug-likeness (QED) is 0.766. The van der Waals surface area contributed by atoms with Crippen molar-refractivity contribution in [2.24, 2.45) is 17.8 Å². The maximum Gasteiger partial charge on any atom is 0.147 e. The molecule has 2 bridgehead atoms. The van der Waals surface area contributed by atoms with Gasteiger partial charge in [-0.15, -0.1) is 21.8 Å². The monoisotopic (exact) mass is 267 g/mol. The van der Waals surface area contributed by atoms with Gasteiger partial charge < -0.3 is 4.57 Å². The summed E-state index contributed by atoms with van der Waals surface area (Å²) in [4.78, 5) is 0. The van der Waals surface area contributed by atoms with E-state index in [2.05, 4.69) is 21.7 Å². The first kappa shape index (κ1) is 12.5. The summed E-state index contributed by atoms with van der Waals surface area (Å²) in [7, 11) is 0. The van der Waals surface area contributed by atoms with Gasteiger partial charge in [-0.1, -0.05) is 13.3 Å². The van der Waals surface area contributed by atoms with Crippen LogP contribution in [0.5, 0.6) is 0 Å². The van der Waals surface area contributed by atoms with E-state index >= 15 is 0 Å². The highest BCUT2D eigenvalue weighted by molar-refractivity contribution is 6.16. The van der Waals surface area contributed by atoms with Gasteiger partial charge in [0.2, 0.25) is 0 Å². The van der Waals surface area contributed by atoms with Crippen LogP contribution >= 0.6 is 11.6 Å². The van der Waals surface area contributed by atoms with Crippen molar-refractivity contribution in [2.45, 2.75) is 57.9 Å². The molecule has 3 nitrogen and oxygen atoms in total. The summed E-state index contributed by atoms with van der Waals surface area (Å²) in [5.74, 6) is 5.41. The van der Waals surface area contributed by atoms with Crippen LogP contribution in [-0.2, 0) is 18.8 Å². The summed E-state index contributed by atoms with van der Waals surface area (Å²) in [6.45, 7) is 3.20. The number of hydrogen-bond acceptors (Lipinski definition) is 2. The summed E-state index contributed by atoms with van der Waals surface area (Å²) < 4.78 is 2.25. The van der Waals surface area contributed by atoms with E-state index < -0.39 is 0 Å². The molecular formula is C14H22ClN3. The Labute approximate surface area is 114 Å². The molecule has 0 saturated heterocycles. The maximum atomic E-state index is 5.94. The third-order valence-corrected chi connectivity index (χ3v) is 5.04. The Morgan fingerprint density at radius 1 is 1.22 bits per heavy atom. The lowest BCUT2D eigenvalue weighted by Gasteiger charge is -2.21. The van der Waals surface area contributed by atoms with Gasteiger partial charge in [0.15, 0.2) is 0 Å². The average molecular weight is 268 g/mol. The van der Waals surface area contributed by atoms with E-state index in [4.69, 9.17) is 11.6 Å². The Bertz CT molecular complexity index is 415. The smallest absolute Gasteiger partial charge is 0.147 e. The molecule has 3 atom stereocenters. The minimum absolute atomic E-state index is 0.476. The van der Waals surface area contributed by atoms with E-state index in [9.17, 15) is 0 Å². The van der Waals surface area contributed by atoms with E-state index in [1.165, 1.54) is 31.5 Å². The molecule has 0 amide bonds. The zero-order valence-electron chi connectivity index (χ0n) is 11.1. The standard InChI is InChI=1S/C14H22ClN3/c1-2-5-18-13(16-17-14(18)9-15)8-12-7-10-3-4-11(12)6-10/h10-12H,2-9H2,1H3. The molecule has 3 unspecified atom stereocenters. The van der Waals surface area contributed by atoms with Gasteiger partial charge >= 0.3 is 0 Å². The molecule has 1 heterocycles. The number of fused-ring (bicyclic) bond motifs is 2. The molecule has 2 aliphatic rings. The van der Waals surface area contributed by atoms with Crippen molar-refractivity contribution >= 4 is 11.6 Å². The van der Waals surface area contributed by atoms with Crippen LogP contribution in [0.3, 0.4) is 0 Å². The lowest BCUT2D eigenvalue weighted by Crippen LogP contribution is -2.17. The van der Waals surface area contributed by atoms with Crippen molar-refractivity contribution < 1.29 is 0 Å². The normalized spacial score (nSPS) is 30.2. The van der Waals surface area contributed by atoms with Gasteiger partial charge in [-0.3, -0.25) is 0 Å². The van der Waals surface area contributed by atoms with Crippen LogP contribution in [0.25, 0.3) is 0 Å². The molecule has 0 radical (unpaired) electrons. The van der Waals surface area contributed by atoms with Crippen LogP contribution in [0.4, 0.5) is 0 Å². The molecule has 0 aliphatic heterocycles. The van der Waals surface area contributed by atoms with Gasteiger partial charge in [0, 0.05) is 13.0 Å². The second-order valence-electron chi connectivity index (χ2n) is 5.96. The van der Waals surface area contributed by atoms with Crippen LogP contribution in [0.1, 0.15) is 50.7 Å². The molecule has 100 valence electrons. The first-order chi connectivity index (χ1) is 8.81. The molecule has 4 heteroatoms. The van der Waals surface area contributed by atoms with Gasteiger partial charge in [-0.25, -0.2) is 0 Å². The van der Waals surface area contributed by atoms with E-state index in [1.807, 2.05) is 0 Å². The molecule has 3 rings (SSSR count). The summed E-state index contributed by atoms with van der Waals surface area (Å²) in [6.07, 6.45) is 8.03. The van der Waals surface area contributed by atoms with Crippen LogP contribution in [-0.4, -0.2) is 14.8 Å². The topological polar surface area (TPSA) is 30.7 Å². The van der Waals surface area contributed by atoms with Gasteiger partial charge in [0.05, 0.1) is 5.88 Å². The van der Waals surface area contributed by atoms with Gasteiger partial charge in [-0.05, 0) is 43.4 Å². The Morgan fingerprint density at radius 2 is 2.06 bits per heavy atom. The molecule has 0 aromatic carbocycles. The minimum Gasteiger partial charge on any atom is -0.314 e. The summed E-state index contributed by atoms with van der Waals surface area (Å²) in [5, 5.41) is 8.62. The molecule has 0 N–H and O–H groups in total. The van der Waals surface area contributed by atoms with Crippen molar-refractivity contribution in [1.82, 2.24) is 14.8 Å². The van der Waals surface area contributed by atoms with E-state index in [0.29, 0.717) is 5.88 Å². The Kier molecular flexibility index (Phi) is 3.60. The van der Waals surface area contributed by atoms with Crippen molar-refractivity contribution in [3.8, 4) is 0 Å². The molecule has 2 fully saturated rings. The van der Waals surface area contributed by atoms with Crippen molar-refractivity contribution in [3.63, 3.8) is 0 Å². The third kappa shape index (κ3) is 2.18. The Hall–Kier alpha value is -0.570. The van der Waals surface area contributed by atoms with Gasteiger partial charge in [0.25, 0.3) is 0 Å². The van der Waals surface area contributed by atoms with Crippen LogP contribution in [0.2, 0.25) is 0 Å². The molecule has 1 aromatic rings. The highest BCUT2D eigenvalue weighted by atomic mass is 35.5. The number of hydrogen-bond donors (Lipinski definition) is 0. The highest BCUT2D eigenvalue weighted by Gasteiger charge is 2.39. The number of halogens is 1. The van der Waals surface area contributed by atoms with Crippen LogP contribution in [0.15, 0.2) is 0 Å². The zero-order valence-corrected chi connectivity index (χ0v) is 11.9. The largest absolute Gasteiger partial charge is 0.314 e. The maximum absolute atomic E-state index is 5.94. The fourth-order valence-electron chi connectivity index (χ4n) is 3.96. The predicted molar refractivity (Wildman–Crippen MR) is 72.5 cm³/mol. The van der Waals surface area contributed by atoms with Crippen LogP contribution in [0, 0.1) is 17.8 Å². The van der Waals surface area contributed by atoms with Crippen molar-refractivity contribution in [1.29, 1.82) is 0 Å². The molecule has 0 spiro atoms. The number of rotatable bonds is 5.